The van der Waals surface area contributed by atoms with Crippen molar-refractivity contribution >= 4 is 23.3 Å². The lowest BCUT2D eigenvalue weighted by Gasteiger charge is -2.10. The molecule has 5 nitrogen and oxygen atoms in total. The van der Waals surface area contributed by atoms with Crippen LogP contribution in [0.4, 0.5) is 19.0 Å². The second-order valence-corrected chi connectivity index (χ2v) is 7.44. The first kappa shape index (κ1) is 21.6. The maximum absolute atomic E-state index is 13.3. The first-order valence-corrected chi connectivity index (χ1v) is 9.87. The second kappa shape index (κ2) is 8.47. The number of nitrogens with zero attached hydrogens (tertiary/aromatic N) is 3. The van der Waals surface area contributed by atoms with Gasteiger partial charge in [-0.2, -0.15) is 18.3 Å². The molecule has 162 valence electrons. The zero-order valence-corrected chi connectivity index (χ0v) is 17.4. The smallest absolute Gasteiger partial charge is 0.307 e. The Balaban J connectivity index is 1.67. The van der Waals surface area contributed by atoms with E-state index < -0.39 is 11.9 Å². The van der Waals surface area contributed by atoms with Crippen LogP contribution in [0, 0.1) is 6.92 Å². The highest BCUT2D eigenvalue weighted by Crippen LogP contribution is 2.34. The first-order valence-electron chi connectivity index (χ1n) is 9.49. The molecule has 2 heterocycles. The number of carbonyl (C=O) groups excluding carboxylic acids is 1. The van der Waals surface area contributed by atoms with Crippen LogP contribution in [0.1, 0.15) is 21.6 Å². The summed E-state index contributed by atoms with van der Waals surface area (Å²) in [6, 6.07) is 17.1. The highest BCUT2D eigenvalue weighted by atomic mass is 35.5. The number of benzene rings is 2. The van der Waals surface area contributed by atoms with Crippen LogP contribution >= 0.6 is 11.6 Å². The molecular weight excluding hydrogens is 441 g/mol. The molecule has 0 saturated heterocycles. The Morgan fingerprint density at radius 2 is 1.75 bits per heavy atom. The summed E-state index contributed by atoms with van der Waals surface area (Å²) in [4.78, 5) is 16.6. The predicted molar refractivity (Wildman–Crippen MR) is 116 cm³/mol. The molecule has 0 fully saturated rings. The molecule has 2 aromatic heterocycles. The van der Waals surface area contributed by atoms with Crippen molar-refractivity contribution in [3.8, 4) is 16.9 Å². The Labute approximate surface area is 186 Å². The molecule has 0 saturated carbocycles. The summed E-state index contributed by atoms with van der Waals surface area (Å²) in [7, 11) is 0. The Hall–Kier alpha value is -3.65. The third kappa shape index (κ3) is 4.50. The lowest BCUT2D eigenvalue weighted by atomic mass is 10.1. The summed E-state index contributed by atoms with van der Waals surface area (Å²) in [5.74, 6) is 0.0137. The number of pyridine rings is 1. The average Bonchev–Trinajstić information content (AvgIpc) is 3.21. The van der Waals surface area contributed by atoms with Crippen molar-refractivity contribution in [2.24, 2.45) is 0 Å². The number of alkyl halides is 3. The van der Waals surface area contributed by atoms with Gasteiger partial charge in [0.2, 0.25) is 0 Å². The normalized spacial score (nSPS) is 11.4. The number of hydrogen-bond acceptors (Lipinski definition) is 3. The maximum Gasteiger partial charge on any atom is 0.435 e. The number of anilines is 1. The zero-order valence-electron chi connectivity index (χ0n) is 16.7. The molecule has 4 rings (SSSR count). The van der Waals surface area contributed by atoms with Crippen LogP contribution in [-0.4, -0.2) is 20.7 Å². The second-order valence-electron chi connectivity index (χ2n) is 7.03. The number of halogens is 4. The molecule has 2 aromatic carbocycles. The highest BCUT2D eigenvalue weighted by molar-refractivity contribution is 6.32. The minimum absolute atomic E-state index is 0.192. The largest absolute Gasteiger partial charge is 0.435 e. The van der Waals surface area contributed by atoms with Gasteiger partial charge < -0.3 is 5.32 Å². The van der Waals surface area contributed by atoms with Crippen LogP contribution in [0.2, 0.25) is 5.02 Å². The van der Waals surface area contributed by atoms with Crippen LogP contribution in [0.3, 0.4) is 0 Å². The van der Waals surface area contributed by atoms with Crippen LogP contribution in [0.5, 0.6) is 0 Å². The van der Waals surface area contributed by atoms with Gasteiger partial charge in [0.15, 0.2) is 5.69 Å². The Kier molecular flexibility index (Phi) is 5.71. The molecule has 0 aliphatic carbocycles. The van der Waals surface area contributed by atoms with E-state index in [9.17, 15) is 18.0 Å². The van der Waals surface area contributed by atoms with Gasteiger partial charge in [-0.3, -0.25) is 4.79 Å². The van der Waals surface area contributed by atoms with E-state index in [0.29, 0.717) is 22.6 Å². The zero-order chi connectivity index (χ0) is 22.9. The average molecular weight is 457 g/mol. The van der Waals surface area contributed by atoms with Gasteiger partial charge in [0.05, 0.1) is 16.4 Å². The van der Waals surface area contributed by atoms with Crippen molar-refractivity contribution in [1.82, 2.24) is 14.8 Å². The fraction of sp³-hybridized carbons (Fsp3) is 0.0870. The van der Waals surface area contributed by atoms with E-state index in [2.05, 4.69) is 15.4 Å². The third-order valence-electron chi connectivity index (χ3n) is 4.68. The van der Waals surface area contributed by atoms with E-state index in [0.717, 1.165) is 16.3 Å². The van der Waals surface area contributed by atoms with Crippen molar-refractivity contribution in [1.29, 1.82) is 0 Å². The van der Waals surface area contributed by atoms with Crippen LogP contribution in [0.25, 0.3) is 16.9 Å². The van der Waals surface area contributed by atoms with Crippen LogP contribution in [-0.2, 0) is 6.18 Å². The Bertz CT molecular complexity index is 1270. The first-order chi connectivity index (χ1) is 15.2. The molecule has 4 aromatic rings. The lowest BCUT2D eigenvalue weighted by Crippen LogP contribution is -2.12. The van der Waals surface area contributed by atoms with Crippen LogP contribution in [0.15, 0.2) is 72.9 Å². The number of aryl methyl sites for hydroxylation is 1. The van der Waals surface area contributed by atoms with E-state index in [1.165, 1.54) is 12.1 Å². The molecular formula is C23H16ClF3N4O. The molecule has 0 aliphatic rings. The van der Waals surface area contributed by atoms with Crippen molar-refractivity contribution in [3.63, 3.8) is 0 Å². The van der Waals surface area contributed by atoms with E-state index in [1.54, 1.807) is 48.7 Å². The van der Waals surface area contributed by atoms with E-state index in [-0.39, 0.29) is 16.6 Å². The van der Waals surface area contributed by atoms with E-state index in [1.807, 2.05) is 13.0 Å². The minimum atomic E-state index is -4.62. The van der Waals surface area contributed by atoms with Crippen LogP contribution < -0.4 is 5.32 Å². The summed E-state index contributed by atoms with van der Waals surface area (Å²) in [6.45, 7) is 1.88. The van der Waals surface area contributed by atoms with Gasteiger partial charge in [-0.15, -0.1) is 0 Å². The molecule has 9 heteroatoms. The highest BCUT2D eigenvalue weighted by Gasteiger charge is 2.35. The summed E-state index contributed by atoms with van der Waals surface area (Å²) in [6.07, 6.45) is -2.99. The number of carbonyl (C=O) groups is 1. The third-order valence-corrected chi connectivity index (χ3v) is 5.00. The van der Waals surface area contributed by atoms with Gasteiger partial charge >= 0.3 is 6.18 Å². The predicted octanol–water partition coefficient (Wildman–Crippen LogP) is 6.17. The molecule has 0 radical (unpaired) electrons. The van der Waals surface area contributed by atoms with E-state index in [4.69, 9.17) is 11.6 Å². The van der Waals surface area contributed by atoms with Gasteiger partial charge in [-0.05, 0) is 48.9 Å². The summed E-state index contributed by atoms with van der Waals surface area (Å²) in [5.41, 5.74) is 1.19. The lowest BCUT2D eigenvalue weighted by molar-refractivity contribution is -0.141. The van der Waals surface area contributed by atoms with Gasteiger partial charge in [0.25, 0.3) is 5.91 Å². The van der Waals surface area contributed by atoms with Gasteiger partial charge in [0, 0.05) is 17.3 Å². The van der Waals surface area contributed by atoms with Crippen molar-refractivity contribution in [2.75, 3.05) is 5.32 Å². The fourth-order valence-corrected chi connectivity index (χ4v) is 3.27. The molecule has 0 spiro atoms. The quantitative estimate of drug-likeness (QED) is 0.399. The number of hydrogen-bond donors (Lipinski definition) is 1. The van der Waals surface area contributed by atoms with Crippen molar-refractivity contribution in [2.45, 2.75) is 13.1 Å². The minimum Gasteiger partial charge on any atom is -0.307 e. The number of aromatic nitrogens is 3. The standard InChI is InChI=1S/C23H16ClF3N4O/c1-14-6-11-21(28-13-14)29-22(32)16-9-7-15(8-10-16)19-12-20(23(25,26)27)30-31(19)18-5-3-2-4-17(18)24/h2-13H,1H3,(H,28,29,32). The monoisotopic (exact) mass is 456 g/mol. The Morgan fingerprint density at radius 1 is 1.03 bits per heavy atom. The summed E-state index contributed by atoms with van der Waals surface area (Å²) >= 11 is 6.19. The Morgan fingerprint density at radius 3 is 2.38 bits per heavy atom. The van der Waals surface area contributed by atoms with Crippen molar-refractivity contribution < 1.29 is 18.0 Å². The van der Waals surface area contributed by atoms with Gasteiger partial charge in [-0.25, -0.2) is 9.67 Å². The number of amides is 1. The van der Waals surface area contributed by atoms with E-state index >= 15 is 0 Å². The molecule has 32 heavy (non-hydrogen) atoms. The van der Waals surface area contributed by atoms with Crippen molar-refractivity contribution in [3.05, 3.63) is 94.8 Å². The molecule has 0 atom stereocenters. The fourth-order valence-electron chi connectivity index (χ4n) is 3.05. The number of nitrogens with one attached hydrogen (secondary N) is 1. The summed E-state index contributed by atoms with van der Waals surface area (Å²) < 4.78 is 41.2. The number of rotatable bonds is 4. The van der Waals surface area contributed by atoms with Gasteiger partial charge in [-0.1, -0.05) is 41.9 Å². The SMILES string of the molecule is Cc1ccc(NC(=O)c2ccc(-c3cc(C(F)(F)F)nn3-c3ccccc3Cl)cc2)nc1. The molecule has 0 bridgehead atoms. The molecule has 0 aliphatic heterocycles. The molecule has 0 unspecified atom stereocenters. The molecule has 1 N–H and O–H groups in total. The molecule has 1 amide bonds. The van der Waals surface area contributed by atoms with Gasteiger partial charge in [0.1, 0.15) is 5.82 Å². The maximum atomic E-state index is 13.3. The number of para-hydroxylation sites is 1. The summed E-state index contributed by atoms with van der Waals surface area (Å²) in [5, 5.41) is 6.67. The topological polar surface area (TPSA) is 59.8 Å².